The van der Waals surface area contributed by atoms with Gasteiger partial charge in [-0.2, -0.15) is 0 Å². The summed E-state index contributed by atoms with van der Waals surface area (Å²) in [6.45, 7) is 9.87. The molecule has 0 spiro atoms. The van der Waals surface area contributed by atoms with Crippen molar-refractivity contribution in [2.75, 3.05) is 0 Å². The summed E-state index contributed by atoms with van der Waals surface area (Å²) in [7, 11) is 0. The van der Waals surface area contributed by atoms with E-state index in [1.54, 1.807) is 6.92 Å². The summed E-state index contributed by atoms with van der Waals surface area (Å²) in [5, 5.41) is 0. The van der Waals surface area contributed by atoms with E-state index in [-0.39, 0.29) is 28.4 Å². The van der Waals surface area contributed by atoms with Gasteiger partial charge in [-0.05, 0) is 80.6 Å². The largest absolute Gasteiger partial charge is 0.451 e. The highest BCUT2D eigenvalue weighted by Crippen LogP contribution is 2.69. The van der Waals surface area contributed by atoms with E-state index >= 15 is 0 Å². The molecular weight excluding hydrogens is 352 g/mol. The van der Waals surface area contributed by atoms with Gasteiger partial charge in [0.15, 0.2) is 17.2 Å². The van der Waals surface area contributed by atoms with Crippen LogP contribution >= 0.6 is 0 Å². The van der Waals surface area contributed by atoms with E-state index < -0.39 is 5.60 Å². The molecule has 0 aromatic heterocycles. The highest BCUT2D eigenvalue weighted by atomic mass is 16.6. The molecule has 1 unspecified atom stereocenters. The minimum Gasteiger partial charge on any atom is -0.451 e. The highest BCUT2D eigenvalue weighted by molar-refractivity contribution is 5.92. The molecule has 154 valence electrons. The molecule has 0 aromatic rings. The predicted molar refractivity (Wildman–Crippen MR) is 106 cm³/mol. The summed E-state index contributed by atoms with van der Waals surface area (Å²) in [4.78, 5) is 36.8. The maximum Gasteiger partial charge on any atom is 0.303 e. The molecule has 3 fully saturated rings. The number of carbonyl (C=O) groups excluding carboxylic acids is 3. The molecule has 28 heavy (non-hydrogen) atoms. The molecule has 4 heteroatoms. The third-order valence-electron chi connectivity index (χ3n) is 9.29. The smallest absolute Gasteiger partial charge is 0.303 e. The Labute approximate surface area is 168 Å². The molecule has 3 saturated carbocycles. The molecule has 0 radical (unpaired) electrons. The highest BCUT2D eigenvalue weighted by Gasteiger charge is 2.68. The van der Waals surface area contributed by atoms with Crippen molar-refractivity contribution in [3.63, 3.8) is 0 Å². The molecular formula is C24H34O4. The zero-order valence-electron chi connectivity index (χ0n) is 18.0. The summed E-state index contributed by atoms with van der Waals surface area (Å²) in [5.74, 6) is 1.82. The summed E-state index contributed by atoms with van der Waals surface area (Å²) in [6.07, 6.45) is 8.19. The second kappa shape index (κ2) is 6.27. The predicted octanol–water partition coefficient (Wildman–Crippen LogP) is 4.66. The monoisotopic (exact) mass is 386 g/mol. The fourth-order valence-corrected chi connectivity index (χ4v) is 8.05. The Balaban J connectivity index is 1.73. The number of Topliss-reactive ketones (excluding diaryl/α,β-unsaturated/α-hetero) is 1. The molecule has 4 aliphatic rings. The van der Waals surface area contributed by atoms with E-state index in [4.69, 9.17) is 4.74 Å². The van der Waals surface area contributed by atoms with E-state index in [0.29, 0.717) is 36.5 Å². The van der Waals surface area contributed by atoms with Gasteiger partial charge in [0.25, 0.3) is 0 Å². The molecule has 4 rings (SSSR count). The Kier molecular flexibility index (Phi) is 4.45. The van der Waals surface area contributed by atoms with E-state index in [2.05, 4.69) is 20.8 Å². The molecule has 0 aliphatic heterocycles. The van der Waals surface area contributed by atoms with Crippen LogP contribution in [-0.4, -0.2) is 23.1 Å². The van der Waals surface area contributed by atoms with E-state index in [1.165, 1.54) is 12.5 Å². The van der Waals surface area contributed by atoms with Crippen LogP contribution in [0.2, 0.25) is 0 Å². The van der Waals surface area contributed by atoms with Crippen molar-refractivity contribution in [3.8, 4) is 0 Å². The van der Waals surface area contributed by atoms with Crippen LogP contribution in [0.5, 0.6) is 0 Å². The van der Waals surface area contributed by atoms with Crippen molar-refractivity contribution in [3.05, 3.63) is 11.6 Å². The summed E-state index contributed by atoms with van der Waals surface area (Å²) in [6, 6.07) is 0. The van der Waals surface area contributed by atoms with Crippen molar-refractivity contribution in [2.45, 2.75) is 85.2 Å². The average molecular weight is 387 g/mol. The molecule has 0 heterocycles. The number of hydrogen-bond donors (Lipinski definition) is 0. The number of rotatable bonds is 2. The molecule has 0 amide bonds. The first-order chi connectivity index (χ1) is 13.0. The van der Waals surface area contributed by atoms with Crippen LogP contribution in [-0.2, 0) is 19.1 Å². The lowest BCUT2D eigenvalue weighted by Crippen LogP contribution is -2.59. The number of fused-ring (bicyclic) bond motifs is 5. The molecule has 0 N–H and O–H groups in total. The Bertz CT molecular complexity index is 767. The fourth-order valence-electron chi connectivity index (χ4n) is 8.05. The fraction of sp³-hybridized carbons (Fsp3) is 0.792. The number of ether oxygens (including phenoxy) is 1. The summed E-state index contributed by atoms with van der Waals surface area (Å²) in [5.41, 5.74) is 0.218. The second-order valence-corrected chi connectivity index (χ2v) is 10.5. The van der Waals surface area contributed by atoms with Gasteiger partial charge in [0.2, 0.25) is 0 Å². The third kappa shape index (κ3) is 2.45. The van der Waals surface area contributed by atoms with Crippen LogP contribution in [0.4, 0.5) is 0 Å². The normalized spacial score (nSPS) is 47.5. The minimum atomic E-state index is -0.961. The van der Waals surface area contributed by atoms with Crippen LogP contribution < -0.4 is 0 Å². The Morgan fingerprint density at radius 2 is 1.75 bits per heavy atom. The molecule has 0 aromatic carbocycles. The SMILES string of the molecule is CC(=O)O[C@@]1(C(C)=O)CC[C@H]2[C@@H]3CC(C)C4=CC(=O)CC[C@]4(C)[C@@H]3CC[C@@]21C. The Morgan fingerprint density at radius 1 is 1.07 bits per heavy atom. The number of carbonyl (C=O) groups is 3. The lowest BCUT2D eigenvalue weighted by molar-refractivity contribution is -0.187. The topological polar surface area (TPSA) is 60.4 Å². The number of esters is 1. The van der Waals surface area contributed by atoms with Gasteiger partial charge in [-0.15, -0.1) is 0 Å². The Hall–Kier alpha value is -1.45. The minimum absolute atomic E-state index is 0.00469. The number of hydrogen-bond acceptors (Lipinski definition) is 4. The van der Waals surface area contributed by atoms with Crippen LogP contribution in [0.1, 0.15) is 79.6 Å². The molecule has 7 atom stereocenters. The van der Waals surface area contributed by atoms with Crippen molar-refractivity contribution in [1.29, 1.82) is 0 Å². The van der Waals surface area contributed by atoms with Gasteiger partial charge in [0, 0.05) is 18.8 Å². The maximum atomic E-state index is 12.8. The molecule has 4 aliphatic carbocycles. The van der Waals surface area contributed by atoms with Gasteiger partial charge in [0.05, 0.1) is 0 Å². The average Bonchev–Trinajstić information content (AvgIpc) is 2.90. The maximum absolute atomic E-state index is 12.8. The number of allylic oxidation sites excluding steroid dienone is 1. The number of ketones is 2. The van der Waals surface area contributed by atoms with Crippen molar-refractivity contribution < 1.29 is 19.1 Å². The molecule has 0 bridgehead atoms. The summed E-state index contributed by atoms with van der Waals surface area (Å²) < 4.78 is 5.84. The van der Waals surface area contributed by atoms with Gasteiger partial charge < -0.3 is 4.74 Å². The third-order valence-corrected chi connectivity index (χ3v) is 9.29. The van der Waals surface area contributed by atoms with Gasteiger partial charge >= 0.3 is 5.97 Å². The Morgan fingerprint density at radius 3 is 2.39 bits per heavy atom. The lowest BCUT2D eigenvalue weighted by Gasteiger charge is -2.60. The van der Waals surface area contributed by atoms with Gasteiger partial charge in [0.1, 0.15) is 0 Å². The first-order valence-electron chi connectivity index (χ1n) is 11.0. The van der Waals surface area contributed by atoms with E-state index in [9.17, 15) is 14.4 Å². The van der Waals surface area contributed by atoms with Gasteiger partial charge in [-0.3, -0.25) is 14.4 Å². The van der Waals surface area contributed by atoms with Gasteiger partial charge in [-0.25, -0.2) is 0 Å². The summed E-state index contributed by atoms with van der Waals surface area (Å²) >= 11 is 0. The van der Waals surface area contributed by atoms with E-state index in [1.807, 2.05) is 6.08 Å². The van der Waals surface area contributed by atoms with Crippen molar-refractivity contribution in [2.24, 2.45) is 34.5 Å². The zero-order chi connectivity index (χ0) is 20.5. The van der Waals surface area contributed by atoms with Crippen LogP contribution in [0.25, 0.3) is 0 Å². The van der Waals surface area contributed by atoms with Crippen LogP contribution in [0.15, 0.2) is 11.6 Å². The van der Waals surface area contributed by atoms with Crippen LogP contribution in [0, 0.1) is 34.5 Å². The first-order valence-corrected chi connectivity index (χ1v) is 11.0. The second-order valence-electron chi connectivity index (χ2n) is 10.5. The lowest BCUT2D eigenvalue weighted by atomic mass is 9.44. The molecule has 4 nitrogen and oxygen atoms in total. The molecule has 0 saturated heterocycles. The standard InChI is InChI=1S/C24H34O4/c1-14-12-18-19(22(4)9-6-17(27)13-21(14)22)7-10-23(5)20(18)8-11-24(23,15(2)25)28-16(3)26/h13-14,18-20H,6-12H2,1-5H3/t14?,18-,19-,20+,22-,23+,24-/m1/s1. The zero-order valence-corrected chi connectivity index (χ0v) is 18.0. The van der Waals surface area contributed by atoms with Gasteiger partial charge in [-0.1, -0.05) is 26.3 Å². The van der Waals surface area contributed by atoms with Crippen molar-refractivity contribution in [1.82, 2.24) is 0 Å². The quantitative estimate of drug-likeness (QED) is 0.648. The van der Waals surface area contributed by atoms with Crippen molar-refractivity contribution >= 4 is 17.5 Å². The van der Waals surface area contributed by atoms with Crippen LogP contribution in [0.3, 0.4) is 0 Å². The first kappa shape index (κ1) is 19.8. The van der Waals surface area contributed by atoms with E-state index in [0.717, 1.165) is 32.1 Å².